The van der Waals surface area contributed by atoms with Gasteiger partial charge in [-0.2, -0.15) is 0 Å². The normalized spacial score (nSPS) is 12.3. The van der Waals surface area contributed by atoms with Crippen molar-refractivity contribution in [2.75, 3.05) is 19.8 Å². The van der Waals surface area contributed by atoms with Crippen LogP contribution in [0.3, 0.4) is 0 Å². The Hall–Kier alpha value is -1.62. The molecule has 0 amide bonds. The average Bonchev–Trinajstić information content (AvgIpc) is 3.20. The first-order chi connectivity index (χ1) is 27.6. The first kappa shape index (κ1) is 54.4. The summed E-state index contributed by atoms with van der Waals surface area (Å²) >= 11 is 0. The second-order valence-electron chi connectivity index (χ2n) is 16.7. The van der Waals surface area contributed by atoms with Gasteiger partial charge in [0.25, 0.3) is 0 Å². The molecule has 0 aliphatic carbocycles. The third-order valence-electron chi connectivity index (χ3n) is 11.0. The molecular formula is C51H96O5. The molecule has 5 nitrogen and oxygen atoms in total. The van der Waals surface area contributed by atoms with Crippen molar-refractivity contribution in [2.45, 2.75) is 271 Å². The maximum atomic E-state index is 12.6. The van der Waals surface area contributed by atoms with Crippen LogP contribution in [0.2, 0.25) is 0 Å². The van der Waals surface area contributed by atoms with Gasteiger partial charge in [0.05, 0.1) is 6.61 Å². The molecule has 0 aromatic heterocycles. The summed E-state index contributed by atoms with van der Waals surface area (Å²) in [4.78, 5) is 25.2. The van der Waals surface area contributed by atoms with E-state index in [1.54, 1.807) is 0 Å². The van der Waals surface area contributed by atoms with Crippen LogP contribution in [0.4, 0.5) is 0 Å². The molecule has 0 bridgehead atoms. The highest BCUT2D eigenvalue weighted by Gasteiger charge is 2.17. The molecule has 0 aliphatic rings. The van der Waals surface area contributed by atoms with Crippen LogP contribution in [0.25, 0.3) is 0 Å². The minimum Gasteiger partial charge on any atom is -0.462 e. The molecule has 330 valence electrons. The van der Waals surface area contributed by atoms with Gasteiger partial charge >= 0.3 is 11.9 Å². The van der Waals surface area contributed by atoms with E-state index in [1.165, 1.54) is 186 Å². The number of carbonyl (C=O) groups is 2. The number of rotatable bonds is 46. The van der Waals surface area contributed by atoms with Crippen LogP contribution in [0.1, 0.15) is 265 Å². The zero-order chi connectivity index (χ0) is 40.7. The minimum atomic E-state index is -0.531. The summed E-state index contributed by atoms with van der Waals surface area (Å²) < 4.78 is 17.3. The van der Waals surface area contributed by atoms with Crippen molar-refractivity contribution in [2.24, 2.45) is 0 Å². The molecule has 0 aromatic carbocycles. The van der Waals surface area contributed by atoms with E-state index in [9.17, 15) is 9.59 Å². The Bertz CT molecular complexity index is 851. The first-order valence-corrected chi connectivity index (χ1v) is 24.9. The van der Waals surface area contributed by atoms with Gasteiger partial charge in [-0.1, -0.05) is 206 Å². The van der Waals surface area contributed by atoms with E-state index in [4.69, 9.17) is 14.2 Å². The number of allylic oxidation sites excluding steroid dienone is 4. The van der Waals surface area contributed by atoms with Gasteiger partial charge in [0.15, 0.2) is 6.10 Å². The Morgan fingerprint density at radius 3 is 1.11 bits per heavy atom. The number of hydrogen-bond donors (Lipinski definition) is 0. The summed E-state index contributed by atoms with van der Waals surface area (Å²) in [5.41, 5.74) is 0. The molecule has 0 heterocycles. The van der Waals surface area contributed by atoms with E-state index in [-0.39, 0.29) is 25.2 Å². The number of unbranched alkanes of at least 4 members (excludes halogenated alkanes) is 31. The highest BCUT2D eigenvalue weighted by atomic mass is 16.6. The van der Waals surface area contributed by atoms with Gasteiger partial charge in [-0.15, -0.1) is 0 Å². The minimum absolute atomic E-state index is 0.0856. The summed E-state index contributed by atoms with van der Waals surface area (Å²) in [5, 5.41) is 0. The summed E-state index contributed by atoms with van der Waals surface area (Å²) in [6.07, 6.45) is 54.8. The first-order valence-electron chi connectivity index (χ1n) is 24.9. The molecule has 0 fully saturated rings. The molecule has 0 radical (unpaired) electrons. The van der Waals surface area contributed by atoms with Crippen LogP contribution in [-0.4, -0.2) is 37.9 Å². The molecule has 5 heteroatoms. The molecule has 1 unspecified atom stereocenters. The predicted octanol–water partition coefficient (Wildman–Crippen LogP) is 16.5. The highest BCUT2D eigenvalue weighted by molar-refractivity contribution is 5.70. The fourth-order valence-electron chi connectivity index (χ4n) is 7.21. The number of esters is 2. The second-order valence-corrected chi connectivity index (χ2v) is 16.7. The van der Waals surface area contributed by atoms with Gasteiger partial charge in [-0.3, -0.25) is 9.59 Å². The predicted molar refractivity (Wildman–Crippen MR) is 242 cm³/mol. The van der Waals surface area contributed by atoms with E-state index < -0.39 is 6.10 Å². The second kappa shape index (κ2) is 47.8. The average molecular weight is 789 g/mol. The van der Waals surface area contributed by atoms with E-state index in [0.717, 1.165) is 44.9 Å². The third kappa shape index (κ3) is 45.1. The Morgan fingerprint density at radius 2 is 0.696 bits per heavy atom. The van der Waals surface area contributed by atoms with Crippen molar-refractivity contribution in [3.63, 3.8) is 0 Å². The SMILES string of the molecule is CCCCCC/C=C\CCCCCCCC(=O)OCC(COCCCCCCCCCCCC/C=C\CCCCCCCC)OC(=O)CCCCCCCCC. The smallest absolute Gasteiger partial charge is 0.306 e. The summed E-state index contributed by atoms with van der Waals surface area (Å²) in [6, 6.07) is 0. The molecule has 0 saturated carbocycles. The monoisotopic (exact) mass is 789 g/mol. The summed E-state index contributed by atoms with van der Waals surface area (Å²) in [7, 11) is 0. The van der Waals surface area contributed by atoms with Crippen molar-refractivity contribution in [3.8, 4) is 0 Å². The van der Waals surface area contributed by atoms with Gasteiger partial charge in [0.2, 0.25) is 0 Å². The van der Waals surface area contributed by atoms with Crippen molar-refractivity contribution in [3.05, 3.63) is 24.3 Å². The van der Waals surface area contributed by atoms with Crippen LogP contribution < -0.4 is 0 Å². The zero-order valence-electron chi connectivity index (χ0n) is 37.9. The third-order valence-corrected chi connectivity index (χ3v) is 11.0. The lowest BCUT2D eigenvalue weighted by Gasteiger charge is -2.18. The number of carbonyl (C=O) groups excluding carboxylic acids is 2. The van der Waals surface area contributed by atoms with Crippen molar-refractivity contribution >= 4 is 11.9 Å². The van der Waals surface area contributed by atoms with Gasteiger partial charge < -0.3 is 14.2 Å². The molecular weight excluding hydrogens is 693 g/mol. The number of hydrogen-bond acceptors (Lipinski definition) is 5. The summed E-state index contributed by atoms with van der Waals surface area (Å²) in [6.45, 7) is 7.80. The molecule has 56 heavy (non-hydrogen) atoms. The zero-order valence-corrected chi connectivity index (χ0v) is 37.9. The highest BCUT2D eigenvalue weighted by Crippen LogP contribution is 2.14. The fraction of sp³-hybridized carbons (Fsp3) is 0.882. The van der Waals surface area contributed by atoms with Crippen molar-refractivity contribution < 1.29 is 23.8 Å². The van der Waals surface area contributed by atoms with Crippen LogP contribution in [-0.2, 0) is 23.8 Å². The molecule has 0 rings (SSSR count). The Morgan fingerprint density at radius 1 is 0.375 bits per heavy atom. The lowest BCUT2D eigenvalue weighted by molar-refractivity contribution is -0.163. The Labute approximate surface area is 349 Å². The van der Waals surface area contributed by atoms with Crippen LogP contribution >= 0.6 is 0 Å². The Balaban J connectivity index is 4.07. The number of ether oxygens (including phenoxy) is 3. The van der Waals surface area contributed by atoms with Gasteiger partial charge in [-0.05, 0) is 70.6 Å². The van der Waals surface area contributed by atoms with E-state index in [1.807, 2.05) is 0 Å². The van der Waals surface area contributed by atoms with E-state index in [2.05, 4.69) is 45.1 Å². The fourth-order valence-corrected chi connectivity index (χ4v) is 7.21. The molecule has 0 N–H and O–H groups in total. The lowest BCUT2D eigenvalue weighted by Crippen LogP contribution is -2.30. The van der Waals surface area contributed by atoms with Crippen molar-refractivity contribution in [1.29, 1.82) is 0 Å². The van der Waals surface area contributed by atoms with Crippen LogP contribution in [0, 0.1) is 0 Å². The van der Waals surface area contributed by atoms with Gasteiger partial charge in [-0.25, -0.2) is 0 Å². The topological polar surface area (TPSA) is 61.8 Å². The molecule has 0 spiro atoms. The maximum absolute atomic E-state index is 12.6. The van der Waals surface area contributed by atoms with Crippen molar-refractivity contribution in [1.82, 2.24) is 0 Å². The summed E-state index contributed by atoms with van der Waals surface area (Å²) in [5.74, 6) is -0.402. The lowest BCUT2D eigenvalue weighted by atomic mass is 10.1. The van der Waals surface area contributed by atoms with E-state index >= 15 is 0 Å². The van der Waals surface area contributed by atoms with Crippen LogP contribution in [0.15, 0.2) is 24.3 Å². The molecule has 1 atom stereocenters. The Kier molecular flexibility index (Phi) is 46.4. The van der Waals surface area contributed by atoms with E-state index in [0.29, 0.717) is 19.4 Å². The standard InChI is InChI=1S/C51H96O5/c1-4-7-10-13-16-18-20-22-23-24-25-26-27-28-30-32-34-37-40-43-46-54-47-49(56-51(53)45-42-39-35-15-12-9-6-3)48-55-50(52)44-41-38-36-33-31-29-21-19-17-14-11-8-5-2/h19,21-23,49H,4-18,20,24-48H2,1-3H3/b21-19-,23-22-. The molecule has 0 aliphatic heterocycles. The van der Waals surface area contributed by atoms with Gasteiger partial charge in [0, 0.05) is 19.4 Å². The van der Waals surface area contributed by atoms with Gasteiger partial charge in [0.1, 0.15) is 6.61 Å². The maximum Gasteiger partial charge on any atom is 0.306 e. The molecule has 0 aromatic rings. The quantitative estimate of drug-likeness (QED) is 0.0349. The molecule has 0 saturated heterocycles. The van der Waals surface area contributed by atoms with Crippen LogP contribution in [0.5, 0.6) is 0 Å². The largest absolute Gasteiger partial charge is 0.462 e.